The maximum atomic E-state index is 6.08. The molecule has 2 heteroatoms. The molecule has 0 spiro atoms. The lowest BCUT2D eigenvalue weighted by molar-refractivity contribution is -0.0705. The molecule has 0 aromatic heterocycles. The molecule has 0 aromatic rings. The zero-order valence-electron chi connectivity index (χ0n) is 11.2. The van der Waals surface area contributed by atoms with E-state index in [9.17, 15) is 0 Å². The van der Waals surface area contributed by atoms with Crippen LogP contribution in [0, 0.1) is 0 Å². The van der Waals surface area contributed by atoms with Crippen molar-refractivity contribution in [1.29, 1.82) is 0 Å². The Kier molecular flexibility index (Phi) is 3.83. The first-order chi connectivity index (χ1) is 6.80. The van der Waals surface area contributed by atoms with Crippen molar-refractivity contribution in [3.63, 3.8) is 0 Å². The van der Waals surface area contributed by atoms with Gasteiger partial charge in [-0.2, -0.15) is 0 Å². The van der Waals surface area contributed by atoms with E-state index in [4.69, 9.17) is 4.74 Å². The standard InChI is InChI=1S/C13H27NO/c1-7-10(8-2)14-11-9-12(3,4)15-13(11,5)6/h10-11,14H,7-9H2,1-6H3. The first-order valence-corrected chi connectivity index (χ1v) is 6.27. The molecule has 0 saturated carbocycles. The van der Waals surface area contributed by atoms with Crippen LogP contribution in [-0.2, 0) is 4.74 Å². The van der Waals surface area contributed by atoms with Crippen LogP contribution in [0.1, 0.15) is 60.8 Å². The lowest BCUT2D eigenvalue weighted by Gasteiger charge is -2.30. The van der Waals surface area contributed by atoms with Gasteiger partial charge in [0, 0.05) is 12.1 Å². The van der Waals surface area contributed by atoms with E-state index in [1.807, 2.05) is 0 Å². The van der Waals surface area contributed by atoms with Crippen LogP contribution in [0.5, 0.6) is 0 Å². The van der Waals surface area contributed by atoms with Gasteiger partial charge in [-0.3, -0.25) is 0 Å². The minimum absolute atomic E-state index is 0.0210. The van der Waals surface area contributed by atoms with Gasteiger partial charge >= 0.3 is 0 Å². The molecular weight excluding hydrogens is 186 g/mol. The van der Waals surface area contributed by atoms with E-state index in [2.05, 4.69) is 46.9 Å². The van der Waals surface area contributed by atoms with Gasteiger partial charge in [0.2, 0.25) is 0 Å². The number of rotatable bonds is 4. The molecule has 1 unspecified atom stereocenters. The summed E-state index contributed by atoms with van der Waals surface area (Å²) in [6.45, 7) is 13.3. The van der Waals surface area contributed by atoms with Crippen molar-refractivity contribution in [1.82, 2.24) is 5.32 Å². The third-order valence-electron chi connectivity index (χ3n) is 3.50. The van der Waals surface area contributed by atoms with E-state index < -0.39 is 0 Å². The van der Waals surface area contributed by atoms with Crippen molar-refractivity contribution < 1.29 is 4.74 Å². The summed E-state index contributed by atoms with van der Waals surface area (Å²) in [6.07, 6.45) is 3.50. The number of hydrogen-bond acceptors (Lipinski definition) is 2. The van der Waals surface area contributed by atoms with Crippen LogP contribution in [0.4, 0.5) is 0 Å². The highest BCUT2D eigenvalue weighted by atomic mass is 16.5. The molecular formula is C13H27NO. The van der Waals surface area contributed by atoms with E-state index in [1.54, 1.807) is 0 Å². The molecule has 1 rings (SSSR count). The lowest BCUT2D eigenvalue weighted by Crippen LogP contribution is -2.47. The first-order valence-electron chi connectivity index (χ1n) is 6.27. The summed E-state index contributed by atoms with van der Waals surface area (Å²) >= 11 is 0. The minimum atomic E-state index is -0.0356. The summed E-state index contributed by atoms with van der Waals surface area (Å²) in [5, 5.41) is 3.74. The third-order valence-corrected chi connectivity index (χ3v) is 3.50. The molecule has 90 valence electrons. The van der Waals surface area contributed by atoms with E-state index in [0.717, 1.165) is 6.42 Å². The van der Waals surface area contributed by atoms with Gasteiger partial charge in [0.05, 0.1) is 11.2 Å². The van der Waals surface area contributed by atoms with Crippen LogP contribution >= 0.6 is 0 Å². The van der Waals surface area contributed by atoms with Crippen LogP contribution in [0.2, 0.25) is 0 Å². The largest absolute Gasteiger partial charge is 0.368 e. The van der Waals surface area contributed by atoms with Crippen molar-refractivity contribution in [3.05, 3.63) is 0 Å². The Balaban J connectivity index is 2.62. The van der Waals surface area contributed by atoms with Crippen LogP contribution in [-0.4, -0.2) is 23.3 Å². The molecule has 1 aliphatic heterocycles. The molecule has 2 nitrogen and oxygen atoms in total. The molecule has 0 amide bonds. The molecule has 0 bridgehead atoms. The zero-order valence-corrected chi connectivity index (χ0v) is 11.2. The van der Waals surface area contributed by atoms with Gasteiger partial charge in [-0.1, -0.05) is 13.8 Å². The van der Waals surface area contributed by atoms with Crippen LogP contribution < -0.4 is 5.32 Å². The number of nitrogens with one attached hydrogen (secondary N) is 1. The Morgan fingerprint density at radius 1 is 1.20 bits per heavy atom. The van der Waals surface area contributed by atoms with Gasteiger partial charge in [-0.25, -0.2) is 0 Å². The summed E-state index contributed by atoms with van der Waals surface area (Å²) in [5.74, 6) is 0. The normalized spacial score (nSPS) is 28.6. The summed E-state index contributed by atoms with van der Waals surface area (Å²) in [7, 11) is 0. The summed E-state index contributed by atoms with van der Waals surface area (Å²) < 4.78 is 6.08. The maximum Gasteiger partial charge on any atom is 0.0787 e. The topological polar surface area (TPSA) is 21.3 Å². The summed E-state index contributed by atoms with van der Waals surface area (Å²) in [5.41, 5.74) is -0.0146. The van der Waals surface area contributed by atoms with Crippen molar-refractivity contribution >= 4 is 0 Å². The predicted molar refractivity (Wildman–Crippen MR) is 65.2 cm³/mol. The summed E-state index contributed by atoms with van der Waals surface area (Å²) in [6, 6.07) is 1.11. The molecule has 0 aromatic carbocycles. The molecule has 1 N–H and O–H groups in total. The van der Waals surface area contributed by atoms with Gasteiger partial charge < -0.3 is 10.1 Å². The van der Waals surface area contributed by atoms with Crippen molar-refractivity contribution in [2.75, 3.05) is 0 Å². The fourth-order valence-corrected chi connectivity index (χ4v) is 2.63. The van der Waals surface area contributed by atoms with E-state index >= 15 is 0 Å². The van der Waals surface area contributed by atoms with Gasteiger partial charge in [0.15, 0.2) is 0 Å². The molecule has 1 atom stereocenters. The van der Waals surface area contributed by atoms with Crippen LogP contribution in [0.15, 0.2) is 0 Å². The van der Waals surface area contributed by atoms with Gasteiger partial charge in [0.25, 0.3) is 0 Å². The molecule has 1 heterocycles. The average Bonchev–Trinajstić information content (AvgIpc) is 2.30. The number of hydrogen-bond donors (Lipinski definition) is 1. The average molecular weight is 213 g/mol. The third kappa shape index (κ3) is 3.18. The molecule has 1 fully saturated rings. The van der Waals surface area contributed by atoms with Gasteiger partial charge in [-0.15, -0.1) is 0 Å². The highest BCUT2D eigenvalue weighted by molar-refractivity contribution is 4.99. The highest BCUT2D eigenvalue weighted by Gasteiger charge is 2.45. The Labute approximate surface area is 94.8 Å². The molecule has 0 aliphatic carbocycles. The second-order valence-electron chi connectivity index (χ2n) is 5.90. The fraction of sp³-hybridized carbons (Fsp3) is 1.00. The molecule has 1 saturated heterocycles. The van der Waals surface area contributed by atoms with Gasteiger partial charge in [0.1, 0.15) is 0 Å². The lowest BCUT2D eigenvalue weighted by atomic mass is 9.93. The molecule has 1 aliphatic rings. The second kappa shape index (κ2) is 4.42. The summed E-state index contributed by atoms with van der Waals surface area (Å²) in [4.78, 5) is 0. The molecule has 15 heavy (non-hydrogen) atoms. The second-order valence-corrected chi connectivity index (χ2v) is 5.90. The maximum absolute atomic E-state index is 6.08. The zero-order chi connectivity index (χ0) is 11.7. The Morgan fingerprint density at radius 2 is 1.73 bits per heavy atom. The monoisotopic (exact) mass is 213 g/mol. The van der Waals surface area contributed by atoms with Crippen molar-refractivity contribution in [2.45, 2.75) is 84.1 Å². The highest BCUT2D eigenvalue weighted by Crippen LogP contribution is 2.37. The fourth-order valence-electron chi connectivity index (χ4n) is 2.63. The SMILES string of the molecule is CCC(CC)NC1CC(C)(C)OC1(C)C. The van der Waals surface area contributed by atoms with Crippen molar-refractivity contribution in [2.24, 2.45) is 0 Å². The smallest absolute Gasteiger partial charge is 0.0787 e. The first kappa shape index (κ1) is 13.0. The molecule has 0 radical (unpaired) electrons. The predicted octanol–water partition coefficient (Wildman–Crippen LogP) is 3.11. The van der Waals surface area contributed by atoms with Gasteiger partial charge in [-0.05, 0) is 47.0 Å². The minimum Gasteiger partial charge on any atom is -0.368 e. The van der Waals surface area contributed by atoms with Crippen LogP contribution in [0.3, 0.4) is 0 Å². The van der Waals surface area contributed by atoms with E-state index in [-0.39, 0.29) is 11.2 Å². The quantitative estimate of drug-likeness (QED) is 0.775. The Bertz CT molecular complexity index is 207. The Morgan fingerprint density at radius 3 is 2.07 bits per heavy atom. The van der Waals surface area contributed by atoms with Crippen molar-refractivity contribution in [3.8, 4) is 0 Å². The van der Waals surface area contributed by atoms with E-state index in [0.29, 0.717) is 12.1 Å². The van der Waals surface area contributed by atoms with Crippen LogP contribution in [0.25, 0.3) is 0 Å². The number of ether oxygens (including phenoxy) is 1. The van der Waals surface area contributed by atoms with E-state index in [1.165, 1.54) is 12.8 Å². The Hall–Kier alpha value is -0.0800.